The van der Waals surface area contributed by atoms with E-state index in [1.807, 2.05) is 43.3 Å². The number of hydrogen-bond donors (Lipinski definition) is 2. The summed E-state index contributed by atoms with van der Waals surface area (Å²) in [5.41, 5.74) is -1.37. The van der Waals surface area contributed by atoms with Gasteiger partial charge >= 0.3 is 0 Å². The van der Waals surface area contributed by atoms with Crippen LogP contribution in [0.2, 0.25) is 0 Å². The molecule has 188 valence electrons. The molecule has 7 atom stereocenters. The lowest BCUT2D eigenvalue weighted by molar-refractivity contribution is -0.174. The molecule has 1 aromatic heterocycles. The number of pyridine rings is 1. The summed E-state index contributed by atoms with van der Waals surface area (Å²) >= 11 is 1.39. The van der Waals surface area contributed by atoms with Gasteiger partial charge in [-0.25, -0.2) is 4.98 Å². The molecule has 1 heterocycles. The number of allylic oxidation sites excluding steroid dienone is 4. The maximum atomic E-state index is 13.7. The number of Topliss-reactive ketones (excluding diaryl/α,β-unsaturated/α-hetero) is 1. The first kappa shape index (κ1) is 24.1. The molecule has 5 nitrogen and oxygen atoms in total. The summed E-state index contributed by atoms with van der Waals surface area (Å²) in [5.74, 6) is 0.364. The zero-order valence-electron chi connectivity index (χ0n) is 20.8. The summed E-state index contributed by atoms with van der Waals surface area (Å²) in [4.78, 5) is 30.2. The average Bonchev–Trinajstić information content (AvgIpc) is 3.13. The van der Waals surface area contributed by atoms with E-state index in [0.29, 0.717) is 12.8 Å². The molecule has 4 aliphatic carbocycles. The van der Waals surface area contributed by atoms with Crippen LogP contribution in [0.25, 0.3) is 10.8 Å². The second-order valence-corrected chi connectivity index (χ2v) is 12.6. The maximum Gasteiger partial charge on any atom is 0.178 e. The highest BCUT2D eigenvalue weighted by atomic mass is 32.2. The predicted octanol–water partition coefficient (Wildman–Crippen LogP) is 4.91. The van der Waals surface area contributed by atoms with Crippen molar-refractivity contribution in [1.82, 2.24) is 4.98 Å². The number of carbonyl (C=O) groups excluding carboxylic acids is 2. The molecule has 3 fully saturated rings. The van der Waals surface area contributed by atoms with E-state index in [0.717, 1.165) is 40.6 Å². The highest BCUT2D eigenvalue weighted by Gasteiger charge is 2.67. The third-order valence-corrected chi connectivity index (χ3v) is 11.1. The quantitative estimate of drug-likeness (QED) is 0.577. The minimum atomic E-state index is -1.46. The fraction of sp³-hybridized carbons (Fsp3) is 0.500. The molecule has 6 heteroatoms. The van der Waals surface area contributed by atoms with Crippen LogP contribution in [0.4, 0.5) is 0 Å². The Morgan fingerprint density at radius 2 is 2.00 bits per heavy atom. The zero-order valence-corrected chi connectivity index (χ0v) is 21.6. The van der Waals surface area contributed by atoms with Gasteiger partial charge in [0.2, 0.25) is 0 Å². The molecule has 5 unspecified atom stereocenters. The molecule has 2 aromatic rings. The third-order valence-electron chi connectivity index (χ3n) is 10.1. The Morgan fingerprint density at radius 1 is 1.19 bits per heavy atom. The highest BCUT2D eigenvalue weighted by Crippen LogP contribution is 2.67. The molecule has 0 radical (unpaired) electrons. The minimum Gasteiger partial charge on any atom is -0.393 e. The first-order valence-electron chi connectivity index (χ1n) is 13.0. The van der Waals surface area contributed by atoms with Crippen molar-refractivity contribution in [3.05, 3.63) is 60.3 Å². The molecular formula is C30H33NO4S. The number of fused-ring (bicyclic) bond motifs is 6. The van der Waals surface area contributed by atoms with Crippen LogP contribution < -0.4 is 0 Å². The monoisotopic (exact) mass is 503 g/mol. The molecule has 2 N–H and O–H groups in total. The van der Waals surface area contributed by atoms with Gasteiger partial charge in [0, 0.05) is 28.3 Å². The van der Waals surface area contributed by atoms with Crippen molar-refractivity contribution in [2.45, 2.75) is 62.7 Å². The largest absolute Gasteiger partial charge is 0.393 e. The van der Waals surface area contributed by atoms with Gasteiger partial charge in [-0.3, -0.25) is 9.59 Å². The van der Waals surface area contributed by atoms with Crippen LogP contribution in [0.1, 0.15) is 46.0 Å². The van der Waals surface area contributed by atoms with Crippen molar-refractivity contribution in [3.8, 4) is 0 Å². The number of aromatic nitrogens is 1. The van der Waals surface area contributed by atoms with E-state index in [4.69, 9.17) is 0 Å². The van der Waals surface area contributed by atoms with E-state index in [9.17, 15) is 19.8 Å². The summed E-state index contributed by atoms with van der Waals surface area (Å²) in [5, 5.41) is 26.4. The Hall–Kier alpha value is -2.28. The van der Waals surface area contributed by atoms with Gasteiger partial charge < -0.3 is 10.2 Å². The molecule has 0 saturated heterocycles. The molecule has 0 spiro atoms. The molecule has 4 aliphatic rings. The molecular weight excluding hydrogens is 470 g/mol. The second kappa shape index (κ2) is 8.37. The summed E-state index contributed by atoms with van der Waals surface area (Å²) in [6.45, 7) is 4.17. The lowest BCUT2D eigenvalue weighted by atomic mass is 9.46. The van der Waals surface area contributed by atoms with Crippen LogP contribution in [0.3, 0.4) is 0 Å². The van der Waals surface area contributed by atoms with Crippen molar-refractivity contribution in [1.29, 1.82) is 0 Å². The fourth-order valence-electron chi connectivity index (χ4n) is 8.25. The van der Waals surface area contributed by atoms with Crippen LogP contribution in [0, 0.1) is 28.6 Å². The van der Waals surface area contributed by atoms with Crippen molar-refractivity contribution in [2.24, 2.45) is 28.6 Å². The van der Waals surface area contributed by atoms with E-state index < -0.39 is 17.1 Å². The predicted molar refractivity (Wildman–Crippen MR) is 140 cm³/mol. The van der Waals surface area contributed by atoms with Gasteiger partial charge in [0.05, 0.1) is 11.9 Å². The van der Waals surface area contributed by atoms with E-state index in [-0.39, 0.29) is 40.5 Å². The SMILES string of the molecule is CC12C=CC(=O)C=C1CCC1C2[C@@H](O)CC2(C)C1CC[C@]2(O)C(=O)CSc1nccc2ccccc12. The number of thioether (sulfide) groups is 1. The standard InChI is InChI=1S/C30H33NO4S/c1-28-12-9-20(32)15-19(28)7-8-22-23-10-13-30(35,29(23,2)16-24(33)26(22)28)25(34)17-36-27-21-6-4-3-5-18(21)11-14-31-27/h3-6,9,11-12,14-15,22-24,26,33,35H,7-8,10,13,16-17H2,1-2H3/t22?,23?,24-,26?,28?,29?,30-/m0/s1. The Morgan fingerprint density at radius 3 is 2.83 bits per heavy atom. The third kappa shape index (κ3) is 3.34. The Labute approximate surface area is 216 Å². The van der Waals surface area contributed by atoms with Gasteiger partial charge in [0.25, 0.3) is 0 Å². The summed E-state index contributed by atoms with van der Waals surface area (Å²) in [7, 11) is 0. The molecule has 6 rings (SSSR count). The molecule has 1 aromatic carbocycles. The number of nitrogens with zero attached hydrogens (tertiary/aromatic N) is 1. The van der Waals surface area contributed by atoms with Crippen molar-refractivity contribution in [3.63, 3.8) is 0 Å². The van der Waals surface area contributed by atoms with Crippen LogP contribution in [-0.2, 0) is 9.59 Å². The topological polar surface area (TPSA) is 87.5 Å². The van der Waals surface area contributed by atoms with E-state index in [2.05, 4.69) is 11.9 Å². The van der Waals surface area contributed by atoms with Crippen LogP contribution in [-0.4, -0.2) is 44.2 Å². The van der Waals surface area contributed by atoms with Crippen LogP contribution >= 0.6 is 11.8 Å². The van der Waals surface area contributed by atoms with Crippen molar-refractivity contribution >= 4 is 34.1 Å². The van der Waals surface area contributed by atoms with Crippen LogP contribution in [0.5, 0.6) is 0 Å². The van der Waals surface area contributed by atoms with Gasteiger partial charge in [-0.05, 0) is 67.5 Å². The highest BCUT2D eigenvalue weighted by molar-refractivity contribution is 8.00. The Kier molecular flexibility index (Phi) is 5.60. The number of aliphatic hydroxyl groups excluding tert-OH is 1. The number of benzene rings is 1. The molecule has 0 amide bonds. The fourth-order valence-corrected chi connectivity index (χ4v) is 9.23. The van der Waals surface area contributed by atoms with Crippen molar-refractivity contribution < 1.29 is 19.8 Å². The van der Waals surface area contributed by atoms with E-state index in [1.54, 1.807) is 18.3 Å². The van der Waals surface area contributed by atoms with Crippen molar-refractivity contribution in [2.75, 3.05) is 5.75 Å². The van der Waals surface area contributed by atoms with Gasteiger partial charge in [0.15, 0.2) is 11.6 Å². The van der Waals surface area contributed by atoms with E-state index in [1.165, 1.54) is 11.8 Å². The number of rotatable bonds is 4. The van der Waals surface area contributed by atoms with Gasteiger partial charge in [-0.15, -0.1) is 0 Å². The Bertz CT molecular complexity index is 1310. The van der Waals surface area contributed by atoms with Gasteiger partial charge in [-0.2, -0.15) is 0 Å². The summed E-state index contributed by atoms with van der Waals surface area (Å²) in [6.07, 6.45) is 9.80. The average molecular weight is 504 g/mol. The lowest BCUT2D eigenvalue weighted by Crippen LogP contribution is -2.61. The first-order chi connectivity index (χ1) is 17.2. The number of carbonyl (C=O) groups is 2. The van der Waals surface area contributed by atoms with E-state index >= 15 is 0 Å². The van der Waals surface area contributed by atoms with Gasteiger partial charge in [-0.1, -0.05) is 61.5 Å². The second-order valence-electron chi connectivity index (χ2n) is 11.7. The number of aliphatic hydroxyl groups is 2. The minimum absolute atomic E-state index is 0.00775. The number of ketones is 2. The van der Waals surface area contributed by atoms with Crippen LogP contribution in [0.15, 0.2) is 65.4 Å². The molecule has 36 heavy (non-hydrogen) atoms. The first-order valence-corrected chi connectivity index (χ1v) is 14.0. The smallest absolute Gasteiger partial charge is 0.178 e. The number of hydrogen-bond acceptors (Lipinski definition) is 6. The summed E-state index contributed by atoms with van der Waals surface area (Å²) < 4.78 is 0. The zero-order chi connectivity index (χ0) is 25.3. The molecule has 3 saturated carbocycles. The summed E-state index contributed by atoms with van der Waals surface area (Å²) in [6, 6.07) is 9.95. The maximum absolute atomic E-state index is 13.7. The Balaban J connectivity index is 1.26. The van der Waals surface area contributed by atoms with Gasteiger partial charge in [0.1, 0.15) is 10.6 Å². The normalized spacial score (nSPS) is 39.3. The molecule has 0 aliphatic heterocycles. The lowest BCUT2D eigenvalue weighted by Gasteiger charge is -2.59. The molecule has 0 bridgehead atoms.